The minimum Gasteiger partial charge on any atom is -0.465 e. The average molecular weight is 460 g/mol. The van der Waals surface area contributed by atoms with Gasteiger partial charge < -0.3 is 20.1 Å². The summed E-state index contributed by atoms with van der Waals surface area (Å²) in [6, 6.07) is 9.38. The van der Waals surface area contributed by atoms with Gasteiger partial charge in [-0.25, -0.2) is 9.97 Å². The molecule has 1 fully saturated rings. The highest BCUT2D eigenvalue weighted by Crippen LogP contribution is 2.32. The standard InChI is InChI=1S/C21H29N7O3S/c1-2-31-18(29)14-23-21-19(27-26-16-6-4-3-5-7-16)20(24-17(15-32)25-21)22-8-9-28-10-12-30-13-11-28/h3-7,32H,2,8-15H2,1H3,(H2,22,23,24,25)/b27-26+. The number of benzene rings is 1. The first-order valence-corrected chi connectivity index (χ1v) is 11.2. The van der Waals surface area contributed by atoms with E-state index in [9.17, 15) is 4.79 Å². The molecule has 0 radical (unpaired) electrons. The van der Waals surface area contributed by atoms with Gasteiger partial charge in [0.1, 0.15) is 12.4 Å². The van der Waals surface area contributed by atoms with Gasteiger partial charge in [-0.2, -0.15) is 17.7 Å². The van der Waals surface area contributed by atoms with Crippen LogP contribution >= 0.6 is 12.6 Å². The number of azo groups is 1. The molecule has 0 amide bonds. The first-order valence-electron chi connectivity index (χ1n) is 10.6. The van der Waals surface area contributed by atoms with Crippen LogP contribution < -0.4 is 10.6 Å². The molecule has 10 nitrogen and oxygen atoms in total. The third-order valence-electron chi connectivity index (χ3n) is 4.62. The van der Waals surface area contributed by atoms with Crippen molar-refractivity contribution in [2.45, 2.75) is 12.7 Å². The summed E-state index contributed by atoms with van der Waals surface area (Å²) in [6.45, 7) is 6.82. The van der Waals surface area contributed by atoms with E-state index in [0.717, 1.165) is 32.8 Å². The second-order valence-corrected chi connectivity index (χ2v) is 7.23. The third-order valence-corrected chi connectivity index (χ3v) is 4.91. The zero-order valence-electron chi connectivity index (χ0n) is 18.2. The van der Waals surface area contributed by atoms with Crippen LogP contribution in [0.5, 0.6) is 0 Å². The normalized spacial score (nSPS) is 14.4. The van der Waals surface area contributed by atoms with Gasteiger partial charge in [0.2, 0.25) is 0 Å². The van der Waals surface area contributed by atoms with Crippen LogP contribution in [0.15, 0.2) is 40.6 Å². The van der Waals surface area contributed by atoms with Gasteiger partial charge in [0.05, 0.1) is 31.3 Å². The number of thiol groups is 1. The summed E-state index contributed by atoms with van der Waals surface area (Å²) in [5.41, 5.74) is 1.12. The Morgan fingerprint density at radius 3 is 2.56 bits per heavy atom. The minimum atomic E-state index is -0.383. The number of rotatable bonds is 11. The SMILES string of the molecule is CCOC(=O)CNc1nc(CS)nc(NCCN2CCOCC2)c1/N=N/c1ccccc1. The van der Waals surface area contributed by atoms with Crippen LogP contribution in [-0.2, 0) is 20.0 Å². The number of hydrogen-bond donors (Lipinski definition) is 3. The number of anilines is 2. The summed E-state index contributed by atoms with van der Waals surface area (Å²) < 4.78 is 10.4. The van der Waals surface area contributed by atoms with E-state index in [0.29, 0.717) is 47.7 Å². The van der Waals surface area contributed by atoms with Crippen molar-refractivity contribution in [2.24, 2.45) is 10.2 Å². The number of nitrogens with one attached hydrogen (secondary N) is 2. The van der Waals surface area contributed by atoms with Crippen molar-refractivity contribution in [2.75, 3.05) is 63.2 Å². The number of nitrogens with zero attached hydrogens (tertiary/aromatic N) is 5. The molecule has 2 aromatic rings. The minimum absolute atomic E-state index is 0.0437. The Bertz CT molecular complexity index is 892. The first kappa shape index (κ1) is 23.9. The molecule has 1 aromatic heterocycles. The van der Waals surface area contributed by atoms with Gasteiger partial charge in [0, 0.05) is 26.2 Å². The van der Waals surface area contributed by atoms with Crippen LogP contribution in [0.2, 0.25) is 0 Å². The van der Waals surface area contributed by atoms with Gasteiger partial charge in [-0.15, -0.1) is 5.11 Å². The smallest absolute Gasteiger partial charge is 0.325 e. The molecule has 1 aliphatic heterocycles. The Labute approximate surface area is 193 Å². The Kier molecular flexibility index (Phi) is 9.66. The van der Waals surface area contributed by atoms with Crippen molar-refractivity contribution >= 4 is 41.6 Å². The third kappa shape index (κ3) is 7.43. The number of aromatic nitrogens is 2. The molecule has 172 valence electrons. The van der Waals surface area contributed by atoms with Crippen LogP contribution in [0, 0.1) is 0 Å². The molecule has 1 saturated heterocycles. The summed E-state index contributed by atoms with van der Waals surface area (Å²) in [4.78, 5) is 23.2. The van der Waals surface area contributed by atoms with E-state index >= 15 is 0 Å². The first-order chi connectivity index (χ1) is 15.7. The lowest BCUT2D eigenvalue weighted by Crippen LogP contribution is -2.39. The fourth-order valence-electron chi connectivity index (χ4n) is 3.04. The predicted octanol–water partition coefficient (Wildman–Crippen LogP) is 3.04. The molecule has 0 spiro atoms. The lowest BCUT2D eigenvalue weighted by molar-refractivity contribution is -0.140. The lowest BCUT2D eigenvalue weighted by Gasteiger charge is -2.26. The van der Waals surface area contributed by atoms with Crippen molar-refractivity contribution in [3.8, 4) is 0 Å². The summed E-state index contributed by atoms with van der Waals surface area (Å²) in [6.07, 6.45) is 0. The second kappa shape index (κ2) is 12.9. The molecule has 0 atom stereocenters. The Morgan fingerprint density at radius 2 is 1.88 bits per heavy atom. The van der Waals surface area contributed by atoms with Crippen molar-refractivity contribution in [3.63, 3.8) is 0 Å². The molecular formula is C21H29N7O3S. The van der Waals surface area contributed by atoms with Crippen molar-refractivity contribution in [1.29, 1.82) is 0 Å². The summed E-state index contributed by atoms with van der Waals surface area (Å²) in [5, 5.41) is 15.1. The van der Waals surface area contributed by atoms with E-state index in [1.165, 1.54) is 0 Å². The van der Waals surface area contributed by atoms with Crippen molar-refractivity contribution in [1.82, 2.24) is 14.9 Å². The van der Waals surface area contributed by atoms with Gasteiger partial charge in [0.25, 0.3) is 0 Å². The zero-order chi connectivity index (χ0) is 22.6. The quantitative estimate of drug-likeness (QED) is 0.267. The highest BCUT2D eigenvalue weighted by Gasteiger charge is 2.17. The molecule has 2 heterocycles. The molecule has 0 unspecified atom stereocenters. The van der Waals surface area contributed by atoms with Gasteiger partial charge in [-0.3, -0.25) is 9.69 Å². The molecule has 0 aliphatic carbocycles. The van der Waals surface area contributed by atoms with Gasteiger partial charge in [0.15, 0.2) is 17.3 Å². The van der Waals surface area contributed by atoms with E-state index < -0.39 is 0 Å². The zero-order valence-corrected chi connectivity index (χ0v) is 19.1. The second-order valence-electron chi connectivity index (χ2n) is 6.92. The largest absolute Gasteiger partial charge is 0.465 e. The van der Waals surface area contributed by atoms with Crippen LogP contribution in [0.3, 0.4) is 0 Å². The predicted molar refractivity (Wildman–Crippen MR) is 126 cm³/mol. The van der Waals surface area contributed by atoms with Gasteiger partial charge >= 0.3 is 5.97 Å². The van der Waals surface area contributed by atoms with Gasteiger partial charge in [-0.1, -0.05) is 18.2 Å². The monoisotopic (exact) mass is 459 g/mol. The van der Waals surface area contributed by atoms with Crippen LogP contribution in [0.25, 0.3) is 0 Å². The van der Waals surface area contributed by atoms with Crippen LogP contribution in [-0.4, -0.2) is 73.4 Å². The number of ether oxygens (including phenoxy) is 2. The number of carbonyl (C=O) groups excluding carboxylic acids is 1. The van der Waals surface area contributed by atoms with Crippen LogP contribution in [0.4, 0.5) is 23.0 Å². The summed E-state index contributed by atoms with van der Waals surface area (Å²) in [7, 11) is 0. The number of hydrogen-bond acceptors (Lipinski definition) is 11. The Balaban J connectivity index is 1.82. The molecule has 3 rings (SSSR count). The number of carbonyl (C=O) groups is 1. The number of morpholine rings is 1. The molecule has 0 saturated carbocycles. The Morgan fingerprint density at radius 1 is 1.16 bits per heavy atom. The fraction of sp³-hybridized carbons (Fsp3) is 0.476. The molecule has 1 aliphatic rings. The maximum absolute atomic E-state index is 11.9. The molecule has 11 heteroatoms. The molecular weight excluding hydrogens is 430 g/mol. The lowest BCUT2D eigenvalue weighted by atomic mass is 10.3. The van der Waals surface area contributed by atoms with E-state index in [1.807, 2.05) is 30.3 Å². The topological polar surface area (TPSA) is 113 Å². The van der Waals surface area contributed by atoms with Crippen molar-refractivity contribution < 1.29 is 14.3 Å². The maximum Gasteiger partial charge on any atom is 0.325 e. The van der Waals surface area contributed by atoms with Gasteiger partial charge in [-0.05, 0) is 19.1 Å². The Hall–Kier alpha value is -2.76. The molecule has 32 heavy (non-hydrogen) atoms. The van der Waals surface area contributed by atoms with Crippen LogP contribution in [0.1, 0.15) is 12.7 Å². The average Bonchev–Trinajstić information content (AvgIpc) is 2.83. The number of esters is 1. The fourth-order valence-corrected chi connectivity index (χ4v) is 3.18. The van der Waals surface area contributed by atoms with Crippen molar-refractivity contribution in [3.05, 3.63) is 36.2 Å². The summed E-state index contributed by atoms with van der Waals surface area (Å²) in [5.74, 6) is 1.38. The molecule has 2 N–H and O–H groups in total. The maximum atomic E-state index is 11.9. The highest BCUT2D eigenvalue weighted by molar-refractivity contribution is 7.79. The molecule has 1 aromatic carbocycles. The van der Waals surface area contributed by atoms with E-state index in [2.05, 4.69) is 48.4 Å². The summed E-state index contributed by atoms with van der Waals surface area (Å²) >= 11 is 4.32. The van der Waals surface area contributed by atoms with E-state index in [-0.39, 0.29) is 12.5 Å². The molecule has 0 bridgehead atoms. The van der Waals surface area contributed by atoms with E-state index in [4.69, 9.17) is 9.47 Å². The van der Waals surface area contributed by atoms with E-state index in [1.54, 1.807) is 6.92 Å². The highest BCUT2D eigenvalue weighted by atomic mass is 32.1.